The highest BCUT2D eigenvalue weighted by atomic mass is 16.5. The predicted molar refractivity (Wildman–Crippen MR) is 70.0 cm³/mol. The third kappa shape index (κ3) is 5.29. The number of urea groups is 1. The number of hydrogen-bond donors (Lipinski definition) is 2. The van der Waals surface area contributed by atoms with Gasteiger partial charge < -0.3 is 20.1 Å². The lowest BCUT2D eigenvalue weighted by atomic mass is 10.1. The maximum Gasteiger partial charge on any atom is 0.325 e. The van der Waals surface area contributed by atoms with Crippen molar-refractivity contribution in [2.45, 2.75) is 13.8 Å². The summed E-state index contributed by atoms with van der Waals surface area (Å²) in [5.74, 6) is 0.198. The van der Waals surface area contributed by atoms with Crippen molar-refractivity contribution >= 4 is 12.0 Å². The molecule has 0 radical (unpaired) electrons. The van der Waals surface area contributed by atoms with Crippen LogP contribution in [0.1, 0.15) is 11.1 Å². The second-order valence-corrected chi connectivity index (χ2v) is 3.99. The first kappa shape index (κ1) is 14.8. The Morgan fingerprint density at radius 1 is 1.21 bits per heavy atom. The summed E-state index contributed by atoms with van der Waals surface area (Å²) in [6, 6.07) is 5.28. The van der Waals surface area contributed by atoms with Crippen molar-refractivity contribution in [1.29, 1.82) is 0 Å². The molecular weight excluding hydrogens is 248 g/mol. The van der Waals surface area contributed by atoms with E-state index in [9.17, 15) is 9.59 Å². The van der Waals surface area contributed by atoms with E-state index >= 15 is 0 Å². The van der Waals surface area contributed by atoms with E-state index in [2.05, 4.69) is 15.4 Å². The van der Waals surface area contributed by atoms with Gasteiger partial charge in [-0.3, -0.25) is 4.79 Å². The molecule has 1 aromatic carbocycles. The Morgan fingerprint density at radius 3 is 2.58 bits per heavy atom. The van der Waals surface area contributed by atoms with Gasteiger partial charge in [-0.05, 0) is 25.5 Å². The first-order valence-electron chi connectivity index (χ1n) is 5.81. The van der Waals surface area contributed by atoms with Gasteiger partial charge in [0.05, 0.1) is 7.11 Å². The molecule has 2 N–H and O–H groups in total. The van der Waals surface area contributed by atoms with Gasteiger partial charge in [-0.2, -0.15) is 0 Å². The number of aryl methyl sites for hydroxylation is 2. The molecule has 0 aliphatic carbocycles. The molecule has 0 aliphatic rings. The van der Waals surface area contributed by atoms with Gasteiger partial charge in [0, 0.05) is 0 Å². The van der Waals surface area contributed by atoms with E-state index in [1.807, 2.05) is 32.0 Å². The largest absolute Gasteiger partial charge is 0.473 e. The zero-order valence-electron chi connectivity index (χ0n) is 11.3. The Morgan fingerprint density at radius 2 is 1.95 bits per heavy atom. The van der Waals surface area contributed by atoms with Crippen LogP contribution in [-0.4, -0.2) is 32.4 Å². The van der Waals surface area contributed by atoms with Crippen LogP contribution < -0.4 is 15.4 Å². The molecule has 0 spiro atoms. The Labute approximate surface area is 112 Å². The average molecular weight is 266 g/mol. The summed E-state index contributed by atoms with van der Waals surface area (Å²) in [7, 11) is 1.26. The molecule has 6 heteroatoms. The highest BCUT2D eigenvalue weighted by Crippen LogP contribution is 2.18. The number of benzene rings is 1. The van der Waals surface area contributed by atoms with Crippen LogP contribution in [0.2, 0.25) is 0 Å². The second-order valence-electron chi connectivity index (χ2n) is 3.99. The third-order valence-corrected chi connectivity index (χ3v) is 2.41. The summed E-state index contributed by atoms with van der Waals surface area (Å²) < 4.78 is 9.80. The van der Waals surface area contributed by atoms with Gasteiger partial charge in [-0.25, -0.2) is 4.79 Å². The van der Waals surface area contributed by atoms with Gasteiger partial charge in [-0.15, -0.1) is 0 Å². The van der Waals surface area contributed by atoms with E-state index in [0.29, 0.717) is 5.75 Å². The van der Waals surface area contributed by atoms with Gasteiger partial charge in [0.15, 0.2) is 6.73 Å². The lowest BCUT2D eigenvalue weighted by Crippen LogP contribution is -2.40. The molecule has 0 unspecified atom stereocenters. The van der Waals surface area contributed by atoms with E-state index in [-0.39, 0.29) is 13.3 Å². The minimum Gasteiger partial charge on any atom is -0.473 e. The summed E-state index contributed by atoms with van der Waals surface area (Å²) >= 11 is 0. The third-order valence-electron chi connectivity index (χ3n) is 2.41. The topological polar surface area (TPSA) is 76.7 Å². The molecule has 2 amide bonds. The van der Waals surface area contributed by atoms with Gasteiger partial charge in [0.25, 0.3) is 0 Å². The number of carbonyl (C=O) groups excluding carboxylic acids is 2. The second kappa shape index (κ2) is 7.25. The van der Waals surface area contributed by atoms with Crippen LogP contribution in [0.25, 0.3) is 0 Å². The fourth-order valence-corrected chi connectivity index (χ4v) is 1.43. The number of ether oxygens (including phenoxy) is 2. The molecule has 1 aromatic rings. The molecule has 104 valence electrons. The summed E-state index contributed by atoms with van der Waals surface area (Å²) in [5.41, 5.74) is 2.14. The summed E-state index contributed by atoms with van der Waals surface area (Å²) in [5, 5.41) is 4.81. The summed E-state index contributed by atoms with van der Waals surface area (Å²) in [6.07, 6.45) is 0. The highest BCUT2D eigenvalue weighted by molar-refractivity contribution is 5.80. The number of amides is 2. The van der Waals surface area contributed by atoms with Gasteiger partial charge in [0.2, 0.25) is 0 Å². The molecule has 0 heterocycles. The van der Waals surface area contributed by atoms with Gasteiger partial charge >= 0.3 is 12.0 Å². The molecule has 0 fully saturated rings. The first-order valence-corrected chi connectivity index (χ1v) is 5.81. The molecule has 0 saturated heterocycles. The number of carbonyl (C=O) groups is 2. The molecule has 0 aliphatic heterocycles. The molecule has 1 rings (SSSR count). The number of esters is 1. The minimum absolute atomic E-state index is 0.0247. The Bertz CT molecular complexity index is 460. The Kier molecular flexibility index (Phi) is 5.66. The van der Waals surface area contributed by atoms with Crippen LogP contribution in [0.15, 0.2) is 18.2 Å². The molecule has 6 nitrogen and oxygen atoms in total. The van der Waals surface area contributed by atoms with Crippen molar-refractivity contribution in [1.82, 2.24) is 10.6 Å². The number of hydrogen-bond acceptors (Lipinski definition) is 4. The van der Waals surface area contributed by atoms with Crippen molar-refractivity contribution < 1.29 is 19.1 Å². The minimum atomic E-state index is -0.509. The Balaban J connectivity index is 2.30. The first-order chi connectivity index (χ1) is 9.02. The normalized spacial score (nSPS) is 9.63. The molecule has 0 saturated carbocycles. The van der Waals surface area contributed by atoms with Crippen molar-refractivity contribution in [2.24, 2.45) is 0 Å². The van der Waals surface area contributed by atoms with Crippen LogP contribution in [0.5, 0.6) is 5.75 Å². The molecule has 19 heavy (non-hydrogen) atoms. The van der Waals surface area contributed by atoms with Crippen LogP contribution in [-0.2, 0) is 9.53 Å². The maximum absolute atomic E-state index is 11.3. The average Bonchev–Trinajstić information content (AvgIpc) is 2.38. The molecule has 0 atom stereocenters. The fourth-order valence-electron chi connectivity index (χ4n) is 1.43. The predicted octanol–water partition coefficient (Wildman–Crippen LogP) is 1.11. The number of rotatable bonds is 5. The standard InChI is InChI=1S/C13H18N2O4/c1-9-4-5-11(10(2)6-9)19-8-15-13(17)14-7-12(16)18-3/h4-6H,7-8H2,1-3H3,(H2,14,15,17). The van der Waals surface area contributed by atoms with Gasteiger partial charge in [-0.1, -0.05) is 17.7 Å². The number of methoxy groups -OCH3 is 1. The SMILES string of the molecule is COC(=O)CNC(=O)NCOc1ccc(C)cc1C. The van der Waals surface area contributed by atoms with Crippen LogP contribution in [0.4, 0.5) is 4.79 Å². The van der Waals surface area contributed by atoms with Crippen molar-refractivity contribution in [3.05, 3.63) is 29.3 Å². The summed E-state index contributed by atoms with van der Waals surface area (Å²) in [4.78, 5) is 22.1. The van der Waals surface area contributed by atoms with Crippen LogP contribution in [0, 0.1) is 13.8 Å². The van der Waals surface area contributed by atoms with Crippen LogP contribution >= 0.6 is 0 Å². The smallest absolute Gasteiger partial charge is 0.325 e. The maximum atomic E-state index is 11.3. The van der Waals surface area contributed by atoms with E-state index in [0.717, 1.165) is 11.1 Å². The lowest BCUT2D eigenvalue weighted by molar-refractivity contribution is -0.139. The zero-order valence-corrected chi connectivity index (χ0v) is 11.3. The fraction of sp³-hybridized carbons (Fsp3) is 0.385. The molecule has 0 bridgehead atoms. The van der Waals surface area contributed by atoms with E-state index in [4.69, 9.17) is 4.74 Å². The van der Waals surface area contributed by atoms with Crippen molar-refractivity contribution in [2.75, 3.05) is 20.4 Å². The number of nitrogens with one attached hydrogen (secondary N) is 2. The van der Waals surface area contributed by atoms with Crippen LogP contribution in [0.3, 0.4) is 0 Å². The molecule has 0 aromatic heterocycles. The summed E-state index contributed by atoms with van der Waals surface area (Å²) in [6.45, 7) is 3.78. The van der Waals surface area contributed by atoms with E-state index in [1.165, 1.54) is 7.11 Å². The van der Waals surface area contributed by atoms with E-state index < -0.39 is 12.0 Å². The quantitative estimate of drug-likeness (QED) is 0.618. The van der Waals surface area contributed by atoms with Crippen molar-refractivity contribution in [3.8, 4) is 5.75 Å². The van der Waals surface area contributed by atoms with E-state index in [1.54, 1.807) is 0 Å². The monoisotopic (exact) mass is 266 g/mol. The highest BCUT2D eigenvalue weighted by Gasteiger charge is 2.05. The Hall–Kier alpha value is -2.24. The van der Waals surface area contributed by atoms with Gasteiger partial charge in [0.1, 0.15) is 12.3 Å². The van der Waals surface area contributed by atoms with Crippen molar-refractivity contribution in [3.63, 3.8) is 0 Å². The zero-order chi connectivity index (χ0) is 14.3. The lowest BCUT2D eigenvalue weighted by Gasteiger charge is -2.11. The molecular formula is C13H18N2O4.